The topological polar surface area (TPSA) is 58.6 Å². The van der Waals surface area contributed by atoms with Gasteiger partial charge in [-0.2, -0.15) is 0 Å². The average Bonchev–Trinajstić information content (AvgIpc) is 2.35. The van der Waals surface area contributed by atoms with E-state index in [9.17, 15) is 4.79 Å². The summed E-state index contributed by atoms with van der Waals surface area (Å²) in [5, 5.41) is 11.9. The Hall–Kier alpha value is -1.39. The summed E-state index contributed by atoms with van der Waals surface area (Å²) in [6.45, 7) is 2.77. The van der Waals surface area contributed by atoms with Crippen LogP contribution in [0.4, 0.5) is 0 Å². The van der Waals surface area contributed by atoms with Crippen LogP contribution in [0.2, 0.25) is 0 Å². The molecule has 0 aromatic heterocycles. The van der Waals surface area contributed by atoms with Gasteiger partial charge in [0.2, 0.25) is 5.91 Å². The summed E-state index contributed by atoms with van der Waals surface area (Å²) in [7, 11) is 1.66. The van der Waals surface area contributed by atoms with E-state index in [-0.39, 0.29) is 5.91 Å². The number of rotatable bonds is 7. The number of carbonyl (C=O) groups is 1. The number of hydrogen-bond donors (Lipinski definition) is 2. The van der Waals surface area contributed by atoms with E-state index in [1.807, 2.05) is 24.3 Å². The molecule has 1 aromatic rings. The van der Waals surface area contributed by atoms with Gasteiger partial charge in [0.25, 0.3) is 0 Å². The van der Waals surface area contributed by atoms with Gasteiger partial charge in [-0.25, -0.2) is 0 Å². The van der Waals surface area contributed by atoms with Crippen LogP contribution in [-0.2, 0) is 22.7 Å². The number of aliphatic hydroxyl groups is 1. The number of amides is 1. The molecule has 4 nitrogen and oxygen atoms in total. The van der Waals surface area contributed by atoms with Crippen molar-refractivity contribution in [3.63, 3.8) is 0 Å². The summed E-state index contributed by atoms with van der Waals surface area (Å²) in [4.78, 5) is 11.5. The van der Waals surface area contributed by atoms with E-state index in [0.29, 0.717) is 26.0 Å². The highest BCUT2D eigenvalue weighted by Crippen LogP contribution is 2.06. The molecule has 0 saturated carbocycles. The molecule has 1 amide bonds. The molecule has 18 heavy (non-hydrogen) atoms. The highest BCUT2D eigenvalue weighted by molar-refractivity contribution is 5.75. The first kappa shape index (κ1) is 14.7. The third kappa shape index (κ3) is 5.80. The summed E-state index contributed by atoms with van der Waals surface area (Å²) in [5.74, 6) is -0.0342. The maximum absolute atomic E-state index is 11.5. The lowest BCUT2D eigenvalue weighted by atomic mass is 10.1. The van der Waals surface area contributed by atoms with Gasteiger partial charge in [0.15, 0.2) is 0 Å². The van der Waals surface area contributed by atoms with Gasteiger partial charge in [-0.3, -0.25) is 4.79 Å². The predicted molar refractivity (Wildman–Crippen MR) is 69.9 cm³/mol. The van der Waals surface area contributed by atoms with Crippen molar-refractivity contribution in [2.75, 3.05) is 7.11 Å². The Morgan fingerprint density at radius 3 is 2.83 bits per heavy atom. The quantitative estimate of drug-likeness (QED) is 0.774. The number of carbonyl (C=O) groups excluding carboxylic acids is 1. The number of ether oxygens (including phenoxy) is 1. The van der Waals surface area contributed by atoms with Crippen LogP contribution >= 0.6 is 0 Å². The highest BCUT2D eigenvalue weighted by Gasteiger charge is 2.04. The van der Waals surface area contributed by atoms with Gasteiger partial charge >= 0.3 is 0 Å². The van der Waals surface area contributed by atoms with E-state index < -0.39 is 6.10 Å². The van der Waals surface area contributed by atoms with Crippen LogP contribution in [0.5, 0.6) is 0 Å². The minimum Gasteiger partial charge on any atom is -0.393 e. The largest absolute Gasteiger partial charge is 0.393 e. The minimum atomic E-state index is -0.430. The standard InChI is InChI=1S/C14H21NO3/c1-11(16)6-7-14(17)15-9-12-4-3-5-13(8-12)10-18-2/h3-5,8,11,16H,6-7,9-10H2,1-2H3,(H,15,17). The molecule has 0 radical (unpaired) electrons. The number of nitrogens with one attached hydrogen (secondary N) is 1. The van der Waals surface area contributed by atoms with Crippen molar-refractivity contribution in [2.45, 2.75) is 39.0 Å². The number of aliphatic hydroxyl groups excluding tert-OH is 1. The smallest absolute Gasteiger partial charge is 0.220 e. The molecule has 0 bridgehead atoms. The molecule has 0 aliphatic carbocycles. The lowest BCUT2D eigenvalue weighted by molar-refractivity contribution is -0.121. The minimum absolute atomic E-state index is 0.0342. The Labute approximate surface area is 108 Å². The van der Waals surface area contributed by atoms with Crippen LogP contribution in [0.25, 0.3) is 0 Å². The summed E-state index contributed by atoms with van der Waals surface area (Å²) in [6.07, 6.45) is 0.422. The first-order valence-corrected chi connectivity index (χ1v) is 6.13. The number of methoxy groups -OCH3 is 1. The average molecular weight is 251 g/mol. The second-order valence-corrected chi connectivity index (χ2v) is 4.42. The fraction of sp³-hybridized carbons (Fsp3) is 0.500. The van der Waals surface area contributed by atoms with Gasteiger partial charge in [-0.1, -0.05) is 24.3 Å². The number of hydrogen-bond acceptors (Lipinski definition) is 3. The molecule has 0 heterocycles. The molecular weight excluding hydrogens is 230 g/mol. The molecule has 0 spiro atoms. The lowest BCUT2D eigenvalue weighted by Gasteiger charge is -2.08. The van der Waals surface area contributed by atoms with Crippen LogP contribution < -0.4 is 5.32 Å². The van der Waals surface area contributed by atoms with Crippen molar-refractivity contribution in [1.82, 2.24) is 5.32 Å². The Morgan fingerprint density at radius 2 is 2.17 bits per heavy atom. The maximum Gasteiger partial charge on any atom is 0.220 e. The van der Waals surface area contributed by atoms with E-state index in [4.69, 9.17) is 9.84 Å². The predicted octanol–water partition coefficient (Wildman–Crippen LogP) is 1.61. The van der Waals surface area contributed by atoms with Gasteiger partial charge in [-0.05, 0) is 24.5 Å². The highest BCUT2D eigenvalue weighted by atomic mass is 16.5. The lowest BCUT2D eigenvalue weighted by Crippen LogP contribution is -2.23. The Morgan fingerprint density at radius 1 is 1.44 bits per heavy atom. The molecule has 0 aliphatic heterocycles. The van der Waals surface area contributed by atoms with E-state index in [0.717, 1.165) is 11.1 Å². The summed E-state index contributed by atoms with van der Waals surface area (Å²) in [6, 6.07) is 7.92. The molecule has 4 heteroatoms. The van der Waals surface area contributed by atoms with Crippen LogP contribution in [-0.4, -0.2) is 24.2 Å². The van der Waals surface area contributed by atoms with Gasteiger partial charge in [0.1, 0.15) is 0 Å². The maximum atomic E-state index is 11.5. The van der Waals surface area contributed by atoms with Gasteiger partial charge in [0, 0.05) is 20.1 Å². The van der Waals surface area contributed by atoms with Crippen LogP contribution in [0.3, 0.4) is 0 Å². The van der Waals surface area contributed by atoms with E-state index in [2.05, 4.69) is 5.32 Å². The molecule has 1 aromatic carbocycles. The Balaban J connectivity index is 2.38. The Bertz CT molecular complexity index is 377. The number of benzene rings is 1. The van der Waals surface area contributed by atoms with E-state index in [1.54, 1.807) is 14.0 Å². The zero-order chi connectivity index (χ0) is 13.4. The van der Waals surface area contributed by atoms with Crippen LogP contribution in [0, 0.1) is 0 Å². The first-order chi connectivity index (χ1) is 8.61. The molecule has 0 saturated heterocycles. The molecule has 1 unspecified atom stereocenters. The molecule has 1 atom stereocenters. The van der Waals surface area contributed by atoms with Crippen molar-refractivity contribution < 1.29 is 14.6 Å². The zero-order valence-corrected chi connectivity index (χ0v) is 11.0. The second kappa shape index (κ2) is 7.84. The van der Waals surface area contributed by atoms with Crippen molar-refractivity contribution >= 4 is 5.91 Å². The third-order valence-corrected chi connectivity index (χ3v) is 2.58. The molecule has 0 fully saturated rings. The normalized spacial score (nSPS) is 12.2. The van der Waals surface area contributed by atoms with Crippen molar-refractivity contribution in [3.05, 3.63) is 35.4 Å². The zero-order valence-electron chi connectivity index (χ0n) is 11.0. The monoisotopic (exact) mass is 251 g/mol. The summed E-state index contributed by atoms with van der Waals surface area (Å²) in [5.41, 5.74) is 2.14. The molecule has 100 valence electrons. The first-order valence-electron chi connectivity index (χ1n) is 6.13. The van der Waals surface area contributed by atoms with Crippen molar-refractivity contribution in [3.8, 4) is 0 Å². The SMILES string of the molecule is COCc1cccc(CNC(=O)CCC(C)O)c1. The van der Waals surface area contributed by atoms with Crippen LogP contribution in [0.1, 0.15) is 30.9 Å². The van der Waals surface area contributed by atoms with Gasteiger partial charge in [-0.15, -0.1) is 0 Å². The fourth-order valence-corrected chi connectivity index (χ4v) is 1.63. The second-order valence-electron chi connectivity index (χ2n) is 4.42. The van der Waals surface area contributed by atoms with E-state index in [1.165, 1.54) is 0 Å². The van der Waals surface area contributed by atoms with Crippen LogP contribution in [0.15, 0.2) is 24.3 Å². The third-order valence-electron chi connectivity index (χ3n) is 2.58. The summed E-state index contributed by atoms with van der Waals surface area (Å²) < 4.78 is 5.06. The summed E-state index contributed by atoms with van der Waals surface area (Å²) >= 11 is 0. The molecule has 1 rings (SSSR count). The molecule has 0 aliphatic rings. The molecule has 2 N–H and O–H groups in total. The van der Waals surface area contributed by atoms with Gasteiger partial charge < -0.3 is 15.2 Å². The van der Waals surface area contributed by atoms with Gasteiger partial charge in [0.05, 0.1) is 12.7 Å². The Kier molecular flexibility index (Phi) is 6.39. The van der Waals surface area contributed by atoms with Crippen molar-refractivity contribution in [1.29, 1.82) is 0 Å². The fourth-order valence-electron chi connectivity index (χ4n) is 1.63. The van der Waals surface area contributed by atoms with E-state index >= 15 is 0 Å². The molecular formula is C14H21NO3. The van der Waals surface area contributed by atoms with Crippen molar-refractivity contribution in [2.24, 2.45) is 0 Å².